The first-order chi connectivity index (χ1) is 8.19. The van der Waals surface area contributed by atoms with Gasteiger partial charge in [0.15, 0.2) is 5.69 Å². The number of aromatic nitrogens is 2. The van der Waals surface area contributed by atoms with Crippen LogP contribution in [0.2, 0.25) is 0 Å². The van der Waals surface area contributed by atoms with Crippen LogP contribution in [-0.2, 0) is 4.74 Å². The first-order valence-electron chi connectivity index (χ1n) is 5.38. The van der Waals surface area contributed by atoms with Gasteiger partial charge in [0.25, 0.3) is 0 Å². The highest BCUT2D eigenvalue weighted by Gasteiger charge is 2.20. The van der Waals surface area contributed by atoms with E-state index < -0.39 is 0 Å². The van der Waals surface area contributed by atoms with E-state index in [0.717, 1.165) is 11.3 Å². The first-order valence-corrected chi connectivity index (χ1v) is 6.60. The van der Waals surface area contributed by atoms with E-state index in [0.29, 0.717) is 17.3 Å². The number of carbonyl (C=O) groups is 1. The Bertz CT molecular complexity index is 563. The molecular formula is C12H14N2O2S. The van der Waals surface area contributed by atoms with E-state index in [1.807, 2.05) is 35.8 Å². The van der Waals surface area contributed by atoms with Crippen LogP contribution < -0.4 is 0 Å². The van der Waals surface area contributed by atoms with E-state index >= 15 is 0 Å². The molecule has 2 heterocycles. The van der Waals surface area contributed by atoms with E-state index in [1.54, 1.807) is 6.92 Å². The van der Waals surface area contributed by atoms with Gasteiger partial charge in [0.1, 0.15) is 10.7 Å². The lowest BCUT2D eigenvalue weighted by Gasteiger charge is -2.05. The van der Waals surface area contributed by atoms with Crippen LogP contribution in [0.1, 0.15) is 23.1 Å². The summed E-state index contributed by atoms with van der Waals surface area (Å²) in [5.41, 5.74) is 2.27. The van der Waals surface area contributed by atoms with Crippen molar-refractivity contribution in [1.82, 2.24) is 9.38 Å². The van der Waals surface area contributed by atoms with Crippen molar-refractivity contribution in [2.24, 2.45) is 0 Å². The summed E-state index contributed by atoms with van der Waals surface area (Å²) in [4.78, 5) is 16.4. The summed E-state index contributed by atoms with van der Waals surface area (Å²) >= 11 is 1.45. The predicted molar refractivity (Wildman–Crippen MR) is 67.7 cm³/mol. The number of nitrogens with zero attached hydrogens (tertiary/aromatic N) is 2. The zero-order chi connectivity index (χ0) is 12.4. The average Bonchev–Trinajstić information content (AvgIpc) is 2.69. The molecule has 0 aliphatic heterocycles. The van der Waals surface area contributed by atoms with Gasteiger partial charge in [-0.25, -0.2) is 9.78 Å². The number of thioether (sulfide) groups is 1. The fraction of sp³-hybridized carbons (Fsp3) is 0.333. The van der Waals surface area contributed by atoms with Gasteiger partial charge in [-0.1, -0.05) is 6.07 Å². The molecule has 0 saturated carbocycles. The number of pyridine rings is 1. The average molecular weight is 250 g/mol. The van der Waals surface area contributed by atoms with E-state index in [9.17, 15) is 4.79 Å². The molecule has 0 aromatic carbocycles. The van der Waals surface area contributed by atoms with E-state index in [4.69, 9.17) is 4.74 Å². The number of hydrogen-bond donors (Lipinski definition) is 0. The normalized spacial score (nSPS) is 10.8. The summed E-state index contributed by atoms with van der Waals surface area (Å²) in [6.45, 7) is 4.11. The van der Waals surface area contributed by atoms with Crippen LogP contribution in [0.25, 0.3) is 5.65 Å². The Hall–Kier alpha value is -1.49. The van der Waals surface area contributed by atoms with Crippen LogP contribution in [0.5, 0.6) is 0 Å². The van der Waals surface area contributed by atoms with Crippen LogP contribution >= 0.6 is 11.8 Å². The van der Waals surface area contributed by atoms with Crippen molar-refractivity contribution < 1.29 is 9.53 Å². The van der Waals surface area contributed by atoms with Gasteiger partial charge in [-0.15, -0.1) is 11.8 Å². The summed E-state index contributed by atoms with van der Waals surface area (Å²) in [5.74, 6) is -0.321. The van der Waals surface area contributed by atoms with Crippen molar-refractivity contribution in [3.8, 4) is 0 Å². The van der Waals surface area contributed by atoms with Gasteiger partial charge in [0.2, 0.25) is 0 Å². The van der Waals surface area contributed by atoms with Crippen LogP contribution in [0.3, 0.4) is 0 Å². The third kappa shape index (κ3) is 2.02. The Balaban J connectivity index is 2.69. The lowest BCUT2D eigenvalue weighted by atomic mass is 10.3. The molecule has 2 aromatic heterocycles. The minimum atomic E-state index is -0.321. The molecule has 0 spiro atoms. The number of rotatable bonds is 3. The largest absolute Gasteiger partial charge is 0.461 e. The van der Waals surface area contributed by atoms with Gasteiger partial charge in [0, 0.05) is 5.69 Å². The summed E-state index contributed by atoms with van der Waals surface area (Å²) < 4.78 is 6.92. The Morgan fingerprint density at radius 1 is 1.53 bits per heavy atom. The van der Waals surface area contributed by atoms with Crippen LogP contribution in [0.15, 0.2) is 23.2 Å². The summed E-state index contributed by atoms with van der Waals surface area (Å²) in [6.07, 6.45) is 1.90. The fourth-order valence-corrected chi connectivity index (χ4v) is 2.31. The Labute approximate surface area is 104 Å². The first kappa shape index (κ1) is 12.0. The van der Waals surface area contributed by atoms with Gasteiger partial charge in [0.05, 0.1) is 6.61 Å². The molecule has 0 atom stereocenters. The van der Waals surface area contributed by atoms with E-state index in [-0.39, 0.29) is 5.97 Å². The monoisotopic (exact) mass is 250 g/mol. The Morgan fingerprint density at radius 2 is 2.29 bits per heavy atom. The molecule has 90 valence electrons. The standard InChI is InChI=1S/C12H14N2O2S/c1-4-16-12(15)10-11(17-3)13-9-7-5-6-8(2)14(9)10/h5-7H,4H2,1-3H3. The molecule has 0 unspecified atom stereocenters. The third-order valence-corrected chi connectivity index (χ3v) is 3.14. The quantitative estimate of drug-likeness (QED) is 0.620. The van der Waals surface area contributed by atoms with Crippen molar-refractivity contribution in [1.29, 1.82) is 0 Å². The van der Waals surface area contributed by atoms with Crippen LogP contribution in [0, 0.1) is 6.92 Å². The predicted octanol–water partition coefficient (Wildman–Crippen LogP) is 2.54. The molecule has 0 amide bonds. The molecular weight excluding hydrogens is 236 g/mol. The number of aryl methyl sites for hydroxylation is 1. The number of hydrogen-bond acceptors (Lipinski definition) is 4. The number of imidazole rings is 1. The van der Waals surface area contributed by atoms with Gasteiger partial charge in [-0.2, -0.15) is 0 Å². The number of fused-ring (bicyclic) bond motifs is 1. The van der Waals surface area contributed by atoms with Gasteiger partial charge in [-0.3, -0.25) is 4.40 Å². The SMILES string of the molecule is CCOC(=O)c1c(SC)nc2cccc(C)n12. The fourth-order valence-electron chi connectivity index (χ4n) is 1.75. The molecule has 0 N–H and O–H groups in total. The second-order valence-corrected chi connectivity index (χ2v) is 4.35. The lowest BCUT2D eigenvalue weighted by molar-refractivity contribution is 0.0513. The minimum absolute atomic E-state index is 0.321. The zero-order valence-corrected chi connectivity index (χ0v) is 10.9. The van der Waals surface area contributed by atoms with Crippen molar-refractivity contribution in [3.05, 3.63) is 29.6 Å². The number of ether oxygens (including phenoxy) is 1. The molecule has 2 rings (SSSR count). The third-order valence-electron chi connectivity index (χ3n) is 2.47. The molecule has 5 heteroatoms. The molecule has 2 aromatic rings. The summed E-state index contributed by atoms with van der Waals surface area (Å²) in [7, 11) is 0. The second-order valence-electron chi connectivity index (χ2n) is 3.55. The van der Waals surface area contributed by atoms with Gasteiger partial charge >= 0.3 is 5.97 Å². The van der Waals surface area contributed by atoms with E-state index in [1.165, 1.54) is 11.8 Å². The summed E-state index contributed by atoms with van der Waals surface area (Å²) in [6, 6.07) is 5.76. The van der Waals surface area contributed by atoms with Crippen LogP contribution in [-0.4, -0.2) is 28.2 Å². The van der Waals surface area contributed by atoms with Gasteiger partial charge in [-0.05, 0) is 32.2 Å². The second kappa shape index (κ2) is 4.79. The van der Waals surface area contributed by atoms with Crippen LogP contribution in [0.4, 0.5) is 0 Å². The molecule has 0 saturated heterocycles. The molecule has 0 radical (unpaired) electrons. The highest BCUT2D eigenvalue weighted by molar-refractivity contribution is 7.98. The zero-order valence-electron chi connectivity index (χ0n) is 10.1. The highest BCUT2D eigenvalue weighted by atomic mass is 32.2. The van der Waals surface area contributed by atoms with Crippen molar-refractivity contribution in [3.63, 3.8) is 0 Å². The molecule has 0 aliphatic carbocycles. The van der Waals surface area contributed by atoms with Crippen molar-refractivity contribution in [2.75, 3.05) is 12.9 Å². The lowest BCUT2D eigenvalue weighted by Crippen LogP contribution is -2.10. The number of esters is 1. The summed E-state index contributed by atoms with van der Waals surface area (Å²) in [5, 5.41) is 0.706. The number of carbonyl (C=O) groups excluding carboxylic acids is 1. The maximum absolute atomic E-state index is 12.0. The molecule has 0 bridgehead atoms. The molecule has 4 nitrogen and oxygen atoms in total. The topological polar surface area (TPSA) is 43.6 Å². The van der Waals surface area contributed by atoms with Gasteiger partial charge < -0.3 is 4.74 Å². The maximum Gasteiger partial charge on any atom is 0.358 e. The van der Waals surface area contributed by atoms with Crippen molar-refractivity contribution in [2.45, 2.75) is 18.9 Å². The Kier molecular flexibility index (Phi) is 3.38. The minimum Gasteiger partial charge on any atom is -0.461 e. The van der Waals surface area contributed by atoms with E-state index in [2.05, 4.69) is 4.98 Å². The van der Waals surface area contributed by atoms with Crippen molar-refractivity contribution >= 4 is 23.4 Å². The molecule has 0 aliphatic rings. The highest BCUT2D eigenvalue weighted by Crippen LogP contribution is 2.23. The maximum atomic E-state index is 12.0. The Morgan fingerprint density at radius 3 is 2.94 bits per heavy atom. The molecule has 17 heavy (non-hydrogen) atoms. The smallest absolute Gasteiger partial charge is 0.358 e. The molecule has 0 fully saturated rings.